The standard InChI is InChI=1S/C17H28FNO/c1-6-17(7-2,19(8-3)9-4)16(20)15-11-10-14(18)12-13(15)5/h10-12,16,20H,6-9H2,1-5H3. The fourth-order valence-electron chi connectivity index (χ4n) is 3.35. The van der Waals surface area contributed by atoms with Crippen LogP contribution in [-0.4, -0.2) is 28.6 Å². The zero-order chi connectivity index (χ0) is 15.3. The van der Waals surface area contributed by atoms with Crippen molar-refractivity contribution in [3.8, 4) is 0 Å². The molecular formula is C17H28FNO. The fourth-order valence-corrected chi connectivity index (χ4v) is 3.35. The summed E-state index contributed by atoms with van der Waals surface area (Å²) in [6.45, 7) is 12.1. The fraction of sp³-hybridized carbons (Fsp3) is 0.647. The predicted octanol–water partition coefficient (Wildman–Crippen LogP) is 4.07. The Morgan fingerprint density at radius 1 is 1.15 bits per heavy atom. The Bertz CT molecular complexity index is 425. The largest absolute Gasteiger partial charge is 0.386 e. The summed E-state index contributed by atoms with van der Waals surface area (Å²) in [6, 6.07) is 4.65. The molecule has 0 aliphatic heterocycles. The van der Waals surface area contributed by atoms with Crippen LogP contribution in [0.15, 0.2) is 18.2 Å². The van der Waals surface area contributed by atoms with Crippen molar-refractivity contribution in [3.63, 3.8) is 0 Å². The van der Waals surface area contributed by atoms with Gasteiger partial charge in [0.05, 0.1) is 11.6 Å². The van der Waals surface area contributed by atoms with E-state index in [1.807, 2.05) is 6.92 Å². The van der Waals surface area contributed by atoms with Crippen LogP contribution in [0.5, 0.6) is 0 Å². The third kappa shape index (κ3) is 3.04. The van der Waals surface area contributed by atoms with Crippen molar-refractivity contribution in [2.24, 2.45) is 0 Å². The maximum absolute atomic E-state index is 13.3. The lowest BCUT2D eigenvalue weighted by Gasteiger charge is -2.46. The normalized spacial score (nSPS) is 13.8. The zero-order valence-electron chi connectivity index (χ0n) is 13.4. The van der Waals surface area contributed by atoms with Gasteiger partial charge in [-0.2, -0.15) is 0 Å². The van der Waals surface area contributed by atoms with Gasteiger partial charge in [-0.05, 0) is 56.1 Å². The van der Waals surface area contributed by atoms with E-state index in [1.165, 1.54) is 12.1 Å². The second-order valence-corrected chi connectivity index (χ2v) is 5.39. The molecule has 0 aromatic heterocycles. The number of aryl methyl sites for hydroxylation is 1. The highest BCUT2D eigenvalue weighted by Crippen LogP contribution is 2.38. The Morgan fingerprint density at radius 2 is 1.70 bits per heavy atom. The van der Waals surface area contributed by atoms with Crippen molar-refractivity contribution in [1.82, 2.24) is 4.90 Å². The molecule has 0 saturated carbocycles. The number of likely N-dealkylation sites (N-methyl/N-ethyl adjacent to an activating group) is 1. The van der Waals surface area contributed by atoms with E-state index in [0.717, 1.165) is 37.1 Å². The van der Waals surface area contributed by atoms with Crippen LogP contribution in [-0.2, 0) is 0 Å². The Labute approximate surface area is 122 Å². The van der Waals surface area contributed by atoms with Gasteiger partial charge in [-0.25, -0.2) is 4.39 Å². The number of hydrogen-bond acceptors (Lipinski definition) is 2. The number of benzene rings is 1. The summed E-state index contributed by atoms with van der Waals surface area (Å²) in [6.07, 6.45) is 1.13. The molecule has 1 aromatic carbocycles. The summed E-state index contributed by atoms with van der Waals surface area (Å²) >= 11 is 0. The Morgan fingerprint density at radius 3 is 2.10 bits per heavy atom. The minimum Gasteiger partial charge on any atom is -0.386 e. The molecule has 0 heterocycles. The lowest BCUT2D eigenvalue weighted by Crippen LogP contribution is -2.52. The topological polar surface area (TPSA) is 23.5 Å². The molecule has 114 valence electrons. The average Bonchev–Trinajstić information content (AvgIpc) is 2.44. The van der Waals surface area contributed by atoms with Crippen molar-refractivity contribution in [1.29, 1.82) is 0 Å². The maximum Gasteiger partial charge on any atom is 0.123 e. The molecule has 2 nitrogen and oxygen atoms in total. The summed E-state index contributed by atoms with van der Waals surface area (Å²) < 4.78 is 13.3. The molecule has 1 unspecified atom stereocenters. The highest BCUT2D eigenvalue weighted by atomic mass is 19.1. The maximum atomic E-state index is 13.3. The molecule has 0 radical (unpaired) electrons. The van der Waals surface area contributed by atoms with Gasteiger partial charge in [0, 0.05) is 0 Å². The SMILES string of the molecule is CCN(CC)C(CC)(CC)C(O)c1ccc(F)cc1C. The summed E-state index contributed by atoms with van der Waals surface area (Å²) in [5, 5.41) is 11.0. The quantitative estimate of drug-likeness (QED) is 0.814. The van der Waals surface area contributed by atoms with Crippen LogP contribution in [0.1, 0.15) is 57.8 Å². The Kier molecular flexibility index (Phi) is 6.15. The van der Waals surface area contributed by atoms with Gasteiger partial charge >= 0.3 is 0 Å². The highest BCUT2D eigenvalue weighted by molar-refractivity contribution is 5.31. The molecule has 20 heavy (non-hydrogen) atoms. The lowest BCUT2D eigenvalue weighted by molar-refractivity contribution is -0.0369. The molecule has 0 amide bonds. The van der Waals surface area contributed by atoms with Gasteiger partial charge in [0.1, 0.15) is 5.82 Å². The predicted molar refractivity (Wildman–Crippen MR) is 82.3 cm³/mol. The number of hydrogen-bond donors (Lipinski definition) is 1. The molecule has 0 aliphatic carbocycles. The molecule has 0 spiro atoms. The van der Waals surface area contributed by atoms with Gasteiger partial charge in [0.15, 0.2) is 0 Å². The van der Waals surface area contributed by atoms with E-state index < -0.39 is 6.10 Å². The smallest absolute Gasteiger partial charge is 0.123 e. The summed E-state index contributed by atoms with van der Waals surface area (Å²) in [4.78, 5) is 2.32. The van der Waals surface area contributed by atoms with Crippen molar-refractivity contribution < 1.29 is 9.50 Å². The number of halogens is 1. The van der Waals surface area contributed by atoms with Crippen LogP contribution in [0.3, 0.4) is 0 Å². The summed E-state index contributed by atoms with van der Waals surface area (Å²) in [5.41, 5.74) is 1.37. The van der Waals surface area contributed by atoms with E-state index in [2.05, 4.69) is 32.6 Å². The van der Waals surface area contributed by atoms with Gasteiger partial charge in [0.2, 0.25) is 0 Å². The molecule has 0 saturated heterocycles. The van der Waals surface area contributed by atoms with Crippen LogP contribution in [0, 0.1) is 12.7 Å². The van der Waals surface area contributed by atoms with Crippen LogP contribution in [0.4, 0.5) is 4.39 Å². The molecule has 1 rings (SSSR count). The molecule has 1 aromatic rings. The molecule has 0 fully saturated rings. The number of rotatable bonds is 7. The molecule has 3 heteroatoms. The number of aliphatic hydroxyl groups excluding tert-OH is 1. The number of aliphatic hydroxyl groups is 1. The van der Waals surface area contributed by atoms with E-state index in [9.17, 15) is 9.50 Å². The van der Waals surface area contributed by atoms with Crippen molar-refractivity contribution in [2.75, 3.05) is 13.1 Å². The minimum atomic E-state index is -0.599. The lowest BCUT2D eigenvalue weighted by atomic mass is 9.80. The van der Waals surface area contributed by atoms with Gasteiger partial charge < -0.3 is 5.11 Å². The Balaban J connectivity index is 3.26. The Hall–Kier alpha value is -0.930. The third-order valence-electron chi connectivity index (χ3n) is 4.65. The van der Waals surface area contributed by atoms with E-state index in [-0.39, 0.29) is 11.4 Å². The van der Waals surface area contributed by atoms with Crippen LogP contribution in [0.2, 0.25) is 0 Å². The van der Waals surface area contributed by atoms with E-state index in [4.69, 9.17) is 0 Å². The van der Waals surface area contributed by atoms with Gasteiger partial charge in [-0.15, -0.1) is 0 Å². The minimum absolute atomic E-state index is 0.250. The second kappa shape index (κ2) is 7.19. The summed E-state index contributed by atoms with van der Waals surface area (Å²) in [7, 11) is 0. The monoisotopic (exact) mass is 281 g/mol. The molecule has 0 aliphatic rings. The molecular weight excluding hydrogens is 253 g/mol. The first-order valence-electron chi connectivity index (χ1n) is 7.65. The van der Waals surface area contributed by atoms with Gasteiger partial charge in [-0.1, -0.05) is 33.8 Å². The van der Waals surface area contributed by atoms with Crippen LogP contribution < -0.4 is 0 Å². The van der Waals surface area contributed by atoms with Gasteiger partial charge in [-0.3, -0.25) is 4.90 Å². The van der Waals surface area contributed by atoms with Crippen LogP contribution >= 0.6 is 0 Å². The van der Waals surface area contributed by atoms with Crippen molar-refractivity contribution >= 4 is 0 Å². The van der Waals surface area contributed by atoms with E-state index in [1.54, 1.807) is 6.07 Å². The van der Waals surface area contributed by atoms with Gasteiger partial charge in [0.25, 0.3) is 0 Å². The molecule has 0 bridgehead atoms. The summed E-state index contributed by atoms with van der Waals surface area (Å²) in [5.74, 6) is -0.250. The first kappa shape index (κ1) is 17.1. The zero-order valence-corrected chi connectivity index (χ0v) is 13.4. The van der Waals surface area contributed by atoms with E-state index in [0.29, 0.717) is 0 Å². The highest BCUT2D eigenvalue weighted by Gasteiger charge is 2.40. The second-order valence-electron chi connectivity index (χ2n) is 5.39. The number of nitrogens with zero attached hydrogens (tertiary/aromatic N) is 1. The molecule has 1 atom stereocenters. The average molecular weight is 281 g/mol. The van der Waals surface area contributed by atoms with Crippen molar-refractivity contribution in [2.45, 2.75) is 59.1 Å². The first-order valence-corrected chi connectivity index (χ1v) is 7.65. The first-order chi connectivity index (χ1) is 9.46. The van der Waals surface area contributed by atoms with Crippen molar-refractivity contribution in [3.05, 3.63) is 35.1 Å². The van der Waals surface area contributed by atoms with Crippen LogP contribution in [0.25, 0.3) is 0 Å². The third-order valence-corrected chi connectivity index (χ3v) is 4.65. The van der Waals surface area contributed by atoms with E-state index >= 15 is 0 Å². The molecule has 1 N–H and O–H groups in total.